The van der Waals surface area contributed by atoms with Gasteiger partial charge in [0, 0.05) is 28.7 Å². The molecule has 2 aromatic carbocycles. The van der Waals surface area contributed by atoms with E-state index in [2.05, 4.69) is 4.98 Å². The highest BCUT2D eigenvalue weighted by Crippen LogP contribution is 2.43. The fourth-order valence-corrected chi connectivity index (χ4v) is 3.87. The van der Waals surface area contributed by atoms with E-state index in [1.54, 1.807) is 73.9 Å². The van der Waals surface area contributed by atoms with Crippen LogP contribution in [0.25, 0.3) is 5.76 Å². The fourth-order valence-electron chi connectivity index (χ4n) is 3.70. The van der Waals surface area contributed by atoms with E-state index in [1.165, 1.54) is 12.0 Å². The summed E-state index contributed by atoms with van der Waals surface area (Å²) in [5.41, 5.74) is 2.14. The van der Waals surface area contributed by atoms with Gasteiger partial charge in [-0.1, -0.05) is 23.7 Å². The molecule has 1 aliphatic rings. The number of carbonyl (C=O) groups is 2. The number of nitrogens with zero attached hydrogens (tertiary/aromatic N) is 2. The number of pyridine rings is 1. The van der Waals surface area contributed by atoms with E-state index in [0.717, 1.165) is 0 Å². The van der Waals surface area contributed by atoms with Crippen LogP contribution in [0.2, 0.25) is 5.02 Å². The molecule has 4 rings (SSSR count). The molecular weight excluding hydrogens is 416 g/mol. The van der Waals surface area contributed by atoms with Crippen molar-refractivity contribution in [2.45, 2.75) is 13.0 Å². The average molecular weight is 435 g/mol. The predicted octanol–water partition coefficient (Wildman–Crippen LogP) is 4.68. The van der Waals surface area contributed by atoms with Gasteiger partial charge in [0.15, 0.2) is 0 Å². The van der Waals surface area contributed by atoms with Crippen molar-refractivity contribution in [2.24, 2.45) is 0 Å². The van der Waals surface area contributed by atoms with E-state index in [4.69, 9.17) is 16.3 Å². The standard InChI is InChI=1S/C24H19ClN2O4/c1-14-18(25)6-3-7-19(14)27-21(16-5-4-12-26-13-16)20(23(29)24(27)30)22(28)15-8-10-17(31-2)11-9-15/h3-13,21,28H,1-2H3/b22-20+. The number of ketones is 1. The van der Waals surface area contributed by atoms with Crippen molar-refractivity contribution in [2.75, 3.05) is 12.0 Å². The molecule has 2 heterocycles. The normalized spacial score (nSPS) is 17.8. The summed E-state index contributed by atoms with van der Waals surface area (Å²) in [7, 11) is 1.54. The Hall–Kier alpha value is -3.64. The van der Waals surface area contributed by atoms with Gasteiger partial charge in [-0.2, -0.15) is 0 Å². The van der Waals surface area contributed by atoms with Crippen molar-refractivity contribution in [3.05, 3.63) is 94.3 Å². The van der Waals surface area contributed by atoms with E-state index in [9.17, 15) is 14.7 Å². The zero-order valence-corrected chi connectivity index (χ0v) is 17.6. The largest absolute Gasteiger partial charge is 0.507 e. The van der Waals surface area contributed by atoms with Crippen LogP contribution in [0, 0.1) is 6.92 Å². The van der Waals surface area contributed by atoms with E-state index in [0.29, 0.717) is 33.1 Å². The van der Waals surface area contributed by atoms with Gasteiger partial charge in [0.2, 0.25) is 0 Å². The minimum atomic E-state index is -0.854. The molecule has 31 heavy (non-hydrogen) atoms. The molecule has 156 valence electrons. The second-order valence-corrected chi connectivity index (χ2v) is 7.48. The van der Waals surface area contributed by atoms with Crippen LogP contribution in [0.3, 0.4) is 0 Å². The van der Waals surface area contributed by atoms with E-state index < -0.39 is 17.7 Å². The molecule has 1 atom stereocenters. The highest BCUT2D eigenvalue weighted by Gasteiger charge is 2.47. The van der Waals surface area contributed by atoms with Gasteiger partial charge in [0.25, 0.3) is 11.7 Å². The Labute approximate surface area is 184 Å². The van der Waals surface area contributed by atoms with Crippen LogP contribution >= 0.6 is 11.6 Å². The lowest BCUT2D eigenvalue weighted by Crippen LogP contribution is -2.30. The van der Waals surface area contributed by atoms with Gasteiger partial charge < -0.3 is 9.84 Å². The summed E-state index contributed by atoms with van der Waals surface area (Å²) in [4.78, 5) is 31.8. The fraction of sp³-hybridized carbons (Fsp3) is 0.125. The molecule has 1 saturated heterocycles. The SMILES string of the molecule is COc1ccc(/C(O)=C2\C(=O)C(=O)N(c3cccc(Cl)c3C)C2c2cccnc2)cc1. The zero-order valence-electron chi connectivity index (χ0n) is 16.9. The molecule has 1 aliphatic heterocycles. The first-order valence-electron chi connectivity index (χ1n) is 9.54. The molecule has 0 radical (unpaired) electrons. The Morgan fingerprint density at radius 2 is 1.84 bits per heavy atom. The van der Waals surface area contributed by atoms with Crippen molar-refractivity contribution < 1.29 is 19.4 Å². The maximum Gasteiger partial charge on any atom is 0.300 e. The van der Waals surface area contributed by atoms with Crippen LogP contribution in [0.15, 0.2) is 72.6 Å². The van der Waals surface area contributed by atoms with Crippen molar-refractivity contribution >= 4 is 34.7 Å². The first kappa shape index (κ1) is 20.6. The molecule has 3 aromatic rings. The van der Waals surface area contributed by atoms with Gasteiger partial charge in [-0.3, -0.25) is 19.5 Å². The van der Waals surface area contributed by atoms with Crippen LogP contribution in [-0.2, 0) is 9.59 Å². The minimum absolute atomic E-state index is 0.0115. The Morgan fingerprint density at radius 1 is 1.10 bits per heavy atom. The number of halogens is 1. The lowest BCUT2D eigenvalue weighted by molar-refractivity contribution is -0.132. The van der Waals surface area contributed by atoms with Gasteiger partial charge in [-0.25, -0.2) is 0 Å². The number of ether oxygens (including phenoxy) is 1. The summed E-state index contributed by atoms with van der Waals surface area (Å²) in [6.07, 6.45) is 3.18. The third-order valence-electron chi connectivity index (χ3n) is 5.31. The second-order valence-electron chi connectivity index (χ2n) is 7.07. The summed E-state index contributed by atoms with van der Waals surface area (Å²) in [5, 5.41) is 11.6. The van der Waals surface area contributed by atoms with Crippen molar-refractivity contribution in [1.29, 1.82) is 0 Å². The minimum Gasteiger partial charge on any atom is -0.507 e. The molecule has 0 bridgehead atoms. The number of carbonyl (C=O) groups excluding carboxylic acids is 2. The van der Waals surface area contributed by atoms with Crippen LogP contribution in [0.4, 0.5) is 5.69 Å². The Morgan fingerprint density at radius 3 is 2.48 bits per heavy atom. The third-order valence-corrected chi connectivity index (χ3v) is 5.72. The van der Waals surface area contributed by atoms with Crippen LogP contribution < -0.4 is 9.64 Å². The molecule has 0 spiro atoms. The van der Waals surface area contributed by atoms with Crippen molar-refractivity contribution in [3.63, 3.8) is 0 Å². The molecule has 1 N–H and O–H groups in total. The summed E-state index contributed by atoms with van der Waals surface area (Å²) in [5.74, 6) is -1.18. The third kappa shape index (κ3) is 3.55. The molecule has 1 fully saturated rings. The number of anilines is 1. The summed E-state index contributed by atoms with van der Waals surface area (Å²) in [6, 6.07) is 14.4. The van der Waals surface area contributed by atoms with E-state index in [-0.39, 0.29) is 11.3 Å². The van der Waals surface area contributed by atoms with E-state index in [1.807, 2.05) is 0 Å². The first-order chi connectivity index (χ1) is 14.9. The zero-order chi connectivity index (χ0) is 22.1. The first-order valence-corrected chi connectivity index (χ1v) is 9.92. The maximum absolute atomic E-state index is 13.1. The lowest BCUT2D eigenvalue weighted by Gasteiger charge is -2.26. The topological polar surface area (TPSA) is 79.7 Å². The number of methoxy groups -OCH3 is 1. The maximum atomic E-state index is 13.1. The number of amides is 1. The molecule has 1 amide bonds. The van der Waals surface area contributed by atoms with Crippen molar-refractivity contribution in [1.82, 2.24) is 4.98 Å². The molecule has 0 saturated carbocycles. The predicted molar refractivity (Wildman–Crippen MR) is 118 cm³/mol. The summed E-state index contributed by atoms with van der Waals surface area (Å²) < 4.78 is 5.15. The number of hydrogen-bond donors (Lipinski definition) is 1. The number of Topliss-reactive ketones (excluding diaryl/α,β-unsaturated/α-hetero) is 1. The molecule has 1 unspecified atom stereocenters. The quantitative estimate of drug-likeness (QED) is 0.366. The van der Waals surface area contributed by atoms with Crippen molar-refractivity contribution in [3.8, 4) is 5.75 Å². The molecular formula is C24H19ClN2O4. The Kier molecular flexibility index (Phi) is 5.48. The monoisotopic (exact) mass is 434 g/mol. The summed E-state index contributed by atoms with van der Waals surface area (Å²) >= 11 is 6.28. The average Bonchev–Trinajstić information content (AvgIpc) is 3.06. The van der Waals surface area contributed by atoms with Crippen LogP contribution in [0.5, 0.6) is 5.75 Å². The lowest BCUT2D eigenvalue weighted by atomic mass is 9.96. The molecule has 1 aromatic heterocycles. The highest BCUT2D eigenvalue weighted by molar-refractivity contribution is 6.52. The second kappa shape index (κ2) is 8.24. The number of aromatic nitrogens is 1. The molecule has 7 heteroatoms. The number of aliphatic hydroxyl groups excluding tert-OH is 1. The van der Waals surface area contributed by atoms with E-state index >= 15 is 0 Å². The Bertz CT molecular complexity index is 1190. The highest BCUT2D eigenvalue weighted by atomic mass is 35.5. The molecule has 6 nitrogen and oxygen atoms in total. The molecule has 0 aliphatic carbocycles. The van der Waals surface area contributed by atoms with Gasteiger partial charge in [-0.05, 0) is 60.5 Å². The number of hydrogen-bond acceptors (Lipinski definition) is 5. The van der Waals surface area contributed by atoms with Gasteiger partial charge in [-0.15, -0.1) is 0 Å². The van der Waals surface area contributed by atoms with Crippen LogP contribution in [0.1, 0.15) is 22.7 Å². The summed E-state index contributed by atoms with van der Waals surface area (Å²) in [6.45, 7) is 1.78. The van der Waals surface area contributed by atoms with Gasteiger partial charge in [0.1, 0.15) is 11.5 Å². The van der Waals surface area contributed by atoms with Gasteiger partial charge in [0.05, 0.1) is 18.7 Å². The number of aliphatic hydroxyl groups is 1. The number of benzene rings is 2. The smallest absolute Gasteiger partial charge is 0.300 e. The van der Waals surface area contributed by atoms with Gasteiger partial charge >= 0.3 is 0 Å². The number of rotatable bonds is 4. The van der Waals surface area contributed by atoms with Crippen LogP contribution in [-0.4, -0.2) is 28.9 Å². The Balaban J connectivity index is 1.95.